The highest BCUT2D eigenvalue weighted by Crippen LogP contribution is 2.18. The van der Waals surface area contributed by atoms with E-state index in [1.165, 1.54) is 12.8 Å². The Balaban J connectivity index is 1.63. The molecule has 3 nitrogen and oxygen atoms in total. The molecule has 0 bridgehead atoms. The molecule has 0 radical (unpaired) electrons. The Morgan fingerprint density at radius 3 is 2.53 bits per heavy atom. The van der Waals surface area contributed by atoms with Gasteiger partial charge in [0.2, 0.25) is 0 Å². The maximum Gasteiger partial charge on any atom is 0.119 e. The fourth-order valence-electron chi connectivity index (χ4n) is 2.44. The van der Waals surface area contributed by atoms with Crippen molar-refractivity contribution in [3.05, 3.63) is 28.7 Å². The molecule has 19 heavy (non-hydrogen) atoms. The number of nitrogens with zero attached hydrogens (tertiary/aromatic N) is 1. The van der Waals surface area contributed by atoms with Crippen LogP contribution in [0.15, 0.2) is 28.7 Å². The predicted molar refractivity (Wildman–Crippen MR) is 80.7 cm³/mol. The molecule has 0 N–H and O–H groups in total. The molecule has 0 spiro atoms. The number of hydrogen-bond acceptors (Lipinski definition) is 3. The Bertz CT molecular complexity index is 361. The Labute approximate surface area is 124 Å². The van der Waals surface area contributed by atoms with Gasteiger partial charge in [-0.3, -0.25) is 4.90 Å². The van der Waals surface area contributed by atoms with Gasteiger partial charge in [-0.25, -0.2) is 0 Å². The molecule has 106 valence electrons. The Morgan fingerprint density at radius 2 is 1.89 bits per heavy atom. The first-order valence-corrected chi connectivity index (χ1v) is 7.67. The third kappa shape index (κ3) is 5.13. The van der Waals surface area contributed by atoms with Gasteiger partial charge in [0.05, 0.1) is 0 Å². The van der Waals surface area contributed by atoms with Crippen molar-refractivity contribution in [1.82, 2.24) is 4.90 Å². The van der Waals surface area contributed by atoms with Crippen molar-refractivity contribution in [2.45, 2.75) is 12.8 Å². The van der Waals surface area contributed by atoms with Gasteiger partial charge in [-0.15, -0.1) is 0 Å². The second-order valence-electron chi connectivity index (χ2n) is 5.04. The van der Waals surface area contributed by atoms with Crippen LogP contribution in [0.5, 0.6) is 5.75 Å². The third-order valence-corrected chi connectivity index (χ3v) is 4.13. The van der Waals surface area contributed by atoms with Crippen molar-refractivity contribution in [1.29, 1.82) is 0 Å². The summed E-state index contributed by atoms with van der Waals surface area (Å²) < 4.78 is 12.1. The number of halogens is 1. The smallest absolute Gasteiger partial charge is 0.119 e. The van der Waals surface area contributed by atoms with Gasteiger partial charge in [0.1, 0.15) is 12.4 Å². The molecular weight excluding hydrogens is 306 g/mol. The molecule has 1 aliphatic rings. The molecule has 1 aromatic rings. The van der Waals surface area contributed by atoms with Crippen LogP contribution in [0.4, 0.5) is 0 Å². The van der Waals surface area contributed by atoms with Gasteiger partial charge in [-0.1, -0.05) is 15.9 Å². The van der Waals surface area contributed by atoms with E-state index in [4.69, 9.17) is 9.47 Å². The van der Waals surface area contributed by atoms with Crippen LogP contribution in [0.3, 0.4) is 0 Å². The van der Waals surface area contributed by atoms with Gasteiger partial charge >= 0.3 is 0 Å². The number of rotatable bonds is 6. The highest BCUT2D eigenvalue weighted by molar-refractivity contribution is 9.10. The minimum Gasteiger partial charge on any atom is -0.492 e. The fourth-order valence-corrected chi connectivity index (χ4v) is 2.70. The topological polar surface area (TPSA) is 21.7 Å². The summed E-state index contributed by atoms with van der Waals surface area (Å²) in [5.41, 5.74) is 0. The summed E-state index contributed by atoms with van der Waals surface area (Å²) in [6, 6.07) is 8.00. The van der Waals surface area contributed by atoms with E-state index in [1.54, 1.807) is 7.11 Å². The minimum absolute atomic E-state index is 0.744. The highest BCUT2D eigenvalue weighted by atomic mass is 79.9. The lowest BCUT2D eigenvalue weighted by atomic mass is 9.98. The Hall–Kier alpha value is -0.580. The second kappa shape index (κ2) is 7.88. The Morgan fingerprint density at radius 1 is 1.21 bits per heavy atom. The molecule has 1 heterocycles. The second-order valence-corrected chi connectivity index (χ2v) is 5.96. The molecule has 4 heteroatoms. The van der Waals surface area contributed by atoms with Crippen molar-refractivity contribution in [3.63, 3.8) is 0 Å². The summed E-state index contributed by atoms with van der Waals surface area (Å²) in [5, 5.41) is 0. The maximum atomic E-state index is 5.75. The lowest BCUT2D eigenvalue weighted by molar-refractivity contribution is 0.0928. The minimum atomic E-state index is 0.744. The van der Waals surface area contributed by atoms with Crippen molar-refractivity contribution < 1.29 is 9.47 Å². The number of piperidine rings is 1. The molecule has 1 aliphatic heterocycles. The van der Waals surface area contributed by atoms with Crippen LogP contribution in [0.2, 0.25) is 0 Å². The van der Waals surface area contributed by atoms with Gasteiger partial charge in [-0.05, 0) is 56.1 Å². The van der Waals surface area contributed by atoms with E-state index in [0.29, 0.717) is 0 Å². The van der Waals surface area contributed by atoms with Gasteiger partial charge in [-0.2, -0.15) is 0 Å². The first-order valence-electron chi connectivity index (χ1n) is 6.87. The standard InChI is InChI=1S/C15H22BrNO2/c1-18-12-13-6-8-17(9-7-13)10-11-19-15-4-2-14(16)3-5-15/h2-5,13H,6-12H2,1H3. The van der Waals surface area contributed by atoms with Crippen LogP contribution < -0.4 is 4.74 Å². The van der Waals surface area contributed by atoms with E-state index in [1.807, 2.05) is 24.3 Å². The van der Waals surface area contributed by atoms with Crippen LogP contribution in [-0.4, -0.2) is 44.9 Å². The van der Waals surface area contributed by atoms with E-state index in [0.717, 1.165) is 49.0 Å². The van der Waals surface area contributed by atoms with Gasteiger partial charge < -0.3 is 9.47 Å². The van der Waals surface area contributed by atoms with Crippen LogP contribution in [0, 0.1) is 5.92 Å². The van der Waals surface area contributed by atoms with Crippen LogP contribution >= 0.6 is 15.9 Å². The van der Waals surface area contributed by atoms with Crippen molar-refractivity contribution in [2.75, 3.05) is 40.0 Å². The molecule has 0 aromatic heterocycles. The van der Waals surface area contributed by atoms with E-state index in [-0.39, 0.29) is 0 Å². The molecule has 0 amide bonds. The number of ether oxygens (including phenoxy) is 2. The summed E-state index contributed by atoms with van der Waals surface area (Å²) >= 11 is 3.42. The average molecular weight is 328 g/mol. The largest absolute Gasteiger partial charge is 0.492 e. The van der Waals surface area contributed by atoms with Crippen molar-refractivity contribution in [3.8, 4) is 5.75 Å². The summed E-state index contributed by atoms with van der Waals surface area (Å²) in [6.07, 6.45) is 2.48. The van der Waals surface area contributed by atoms with Crippen LogP contribution in [0.25, 0.3) is 0 Å². The van der Waals surface area contributed by atoms with Crippen LogP contribution in [-0.2, 0) is 4.74 Å². The van der Waals surface area contributed by atoms with Crippen molar-refractivity contribution >= 4 is 15.9 Å². The van der Waals surface area contributed by atoms with Crippen LogP contribution in [0.1, 0.15) is 12.8 Å². The fraction of sp³-hybridized carbons (Fsp3) is 0.600. The van der Waals surface area contributed by atoms with Gasteiger partial charge in [0.15, 0.2) is 0 Å². The lowest BCUT2D eigenvalue weighted by Gasteiger charge is -2.31. The normalized spacial score (nSPS) is 17.6. The maximum absolute atomic E-state index is 5.75. The average Bonchev–Trinajstić information content (AvgIpc) is 2.43. The quantitative estimate of drug-likeness (QED) is 0.801. The van der Waals surface area contributed by atoms with Gasteiger partial charge in [0.25, 0.3) is 0 Å². The molecule has 0 unspecified atom stereocenters. The summed E-state index contributed by atoms with van der Waals surface area (Å²) in [7, 11) is 1.79. The molecule has 1 saturated heterocycles. The summed E-state index contributed by atoms with van der Waals surface area (Å²) in [6.45, 7) is 5.00. The van der Waals surface area contributed by atoms with E-state index in [2.05, 4.69) is 20.8 Å². The zero-order valence-corrected chi connectivity index (χ0v) is 13.1. The zero-order chi connectivity index (χ0) is 13.5. The lowest BCUT2D eigenvalue weighted by Crippen LogP contribution is -2.37. The van der Waals surface area contributed by atoms with Crippen molar-refractivity contribution in [2.24, 2.45) is 5.92 Å². The molecule has 0 atom stereocenters. The number of hydrogen-bond donors (Lipinski definition) is 0. The molecule has 0 aliphatic carbocycles. The van der Waals surface area contributed by atoms with E-state index >= 15 is 0 Å². The third-order valence-electron chi connectivity index (χ3n) is 3.60. The first kappa shape index (κ1) is 14.8. The van der Waals surface area contributed by atoms with E-state index in [9.17, 15) is 0 Å². The molecular formula is C15H22BrNO2. The number of methoxy groups -OCH3 is 1. The molecule has 2 rings (SSSR count). The van der Waals surface area contributed by atoms with Gasteiger partial charge in [0, 0.05) is 24.7 Å². The first-order chi connectivity index (χ1) is 9.28. The van der Waals surface area contributed by atoms with E-state index < -0.39 is 0 Å². The summed E-state index contributed by atoms with van der Waals surface area (Å²) in [5.74, 6) is 1.69. The predicted octanol–water partition coefficient (Wildman–Crippen LogP) is 3.19. The molecule has 0 saturated carbocycles. The number of likely N-dealkylation sites (tertiary alicyclic amines) is 1. The number of benzene rings is 1. The highest BCUT2D eigenvalue weighted by Gasteiger charge is 2.18. The molecule has 1 fully saturated rings. The summed E-state index contributed by atoms with van der Waals surface area (Å²) in [4.78, 5) is 2.48. The Kier molecular flexibility index (Phi) is 6.14. The monoisotopic (exact) mass is 327 g/mol. The zero-order valence-electron chi connectivity index (χ0n) is 11.5. The SMILES string of the molecule is COCC1CCN(CCOc2ccc(Br)cc2)CC1. The molecule has 1 aromatic carbocycles.